The van der Waals surface area contributed by atoms with Crippen LogP contribution in [0.25, 0.3) is 22.3 Å². The van der Waals surface area contributed by atoms with Crippen molar-refractivity contribution in [3.8, 4) is 23.2 Å². The zero-order valence-corrected chi connectivity index (χ0v) is 20.2. The van der Waals surface area contributed by atoms with Crippen molar-refractivity contribution in [1.82, 2.24) is 30.0 Å². The van der Waals surface area contributed by atoms with Gasteiger partial charge in [-0.1, -0.05) is 24.3 Å². The molecule has 1 unspecified atom stereocenters. The normalized spacial score (nSPS) is 15.4. The highest BCUT2D eigenvalue weighted by Gasteiger charge is 2.26. The molecule has 2 aromatic carbocycles. The Morgan fingerprint density at radius 3 is 2.84 bits per heavy atom. The van der Waals surface area contributed by atoms with E-state index in [1.54, 1.807) is 4.90 Å². The van der Waals surface area contributed by atoms with E-state index in [2.05, 4.69) is 21.5 Å². The molecular formula is C26H25FN8O2. The summed E-state index contributed by atoms with van der Waals surface area (Å²) in [5.74, 6) is -0.320. The molecule has 1 aliphatic heterocycles. The number of anilines is 1. The summed E-state index contributed by atoms with van der Waals surface area (Å²) in [4.78, 5) is 22.9. The Morgan fingerprint density at radius 1 is 1.27 bits per heavy atom. The zero-order chi connectivity index (χ0) is 25.9. The molecule has 3 N–H and O–H groups in total. The van der Waals surface area contributed by atoms with E-state index in [-0.39, 0.29) is 18.2 Å². The number of nitrogens with two attached hydrogens (primary N) is 1. The second-order valence-corrected chi connectivity index (χ2v) is 8.82. The maximum atomic E-state index is 13.6. The predicted octanol–water partition coefficient (Wildman–Crippen LogP) is 3.27. The van der Waals surface area contributed by atoms with Gasteiger partial charge in [0, 0.05) is 18.7 Å². The van der Waals surface area contributed by atoms with Crippen molar-refractivity contribution in [2.24, 2.45) is 0 Å². The Bertz CT molecular complexity index is 1500. The lowest BCUT2D eigenvalue weighted by atomic mass is 10.1. The molecule has 0 spiro atoms. The predicted molar refractivity (Wildman–Crippen MR) is 135 cm³/mol. The number of carbonyl (C=O) groups is 1. The van der Waals surface area contributed by atoms with Gasteiger partial charge in [0.15, 0.2) is 11.8 Å². The van der Waals surface area contributed by atoms with E-state index < -0.39 is 11.7 Å². The number of fused-ring (bicyclic) bond motifs is 1. The molecule has 4 aromatic rings. The van der Waals surface area contributed by atoms with Gasteiger partial charge in [0.2, 0.25) is 0 Å². The molecule has 188 valence electrons. The van der Waals surface area contributed by atoms with Crippen molar-refractivity contribution in [3.05, 3.63) is 65.7 Å². The number of nitrogens with one attached hydrogen (secondary N) is 1. The fourth-order valence-corrected chi connectivity index (χ4v) is 4.61. The lowest BCUT2D eigenvalue weighted by molar-refractivity contribution is 0.0947. The number of halogens is 1. The summed E-state index contributed by atoms with van der Waals surface area (Å²) in [6, 6.07) is 11.3. The van der Waals surface area contributed by atoms with Crippen molar-refractivity contribution in [2.75, 3.05) is 25.9 Å². The Kier molecular flexibility index (Phi) is 6.55. The van der Waals surface area contributed by atoms with E-state index in [4.69, 9.17) is 15.6 Å². The average molecular weight is 501 g/mol. The molecule has 0 radical (unpaired) electrons. The number of benzene rings is 2. The van der Waals surface area contributed by atoms with E-state index in [1.165, 1.54) is 25.6 Å². The SMILES string of the molecule is COc1ccc(F)cc1C(=O)NCc1ccc(-c2nn(C3CCCN(C#N)C3)c3ncnc(N)c23)cc1. The molecule has 11 heteroatoms. The summed E-state index contributed by atoms with van der Waals surface area (Å²) in [6.07, 6.45) is 5.42. The second kappa shape index (κ2) is 10.1. The summed E-state index contributed by atoms with van der Waals surface area (Å²) in [7, 11) is 1.43. The summed E-state index contributed by atoms with van der Waals surface area (Å²) >= 11 is 0. The van der Waals surface area contributed by atoms with Crippen LogP contribution in [0.1, 0.15) is 34.8 Å². The molecule has 0 bridgehead atoms. The van der Waals surface area contributed by atoms with Gasteiger partial charge < -0.3 is 20.7 Å². The number of nitrogens with zero attached hydrogens (tertiary/aromatic N) is 6. The molecule has 10 nitrogen and oxygen atoms in total. The lowest BCUT2D eigenvalue weighted by Gasteiger charge is -2.28. The van der Waals surface area contributed by atoms with Crippen LogP contribution in [0.15, 0.2) is 48.8 Å². The minimum absolute atomic E-state index is 0.00625. The van der Waals surface area contributed by atoms with E-state index in [1.807, 2.05) is 28.9 Å². The van der Waals surface area contributed by atoms with Crippen LogP contribution in [0, 0.1) is 17.3 Å². The molecular weight excluding hydrogens is 475 g/mol. The number of methoxy groups -OCH3 is 1. The highest BCUT2D eigenvalue weighted by Crippen LogP contribution is 2.33. The Labute approximate surface area is 212 Å². The first-order valence-electron chi connectivity index (χ1n) is 11.8. The molecule has 0 aliphatic carbocycles. The van der Waals surface area contributed by atoms with Crippen LogP contribution in [0.3, 0.4) is 0 Å². The molecule has 2 aromatic heterocycles. The molecule has 37 heavy (non-hydrogen) atoms. The van der Waals surface area contributed by atoms with Crippen LogP contribution in [0.2, 0.25) is 0 Å². The molecule has 1 atom stereocenters. The highest BCUT2D eigenvalue weighted by atomic mass is 19.1. The minimum Gasteiger partial charge on any atom is -0.496 e. The third kappa shape index (κ3) is 4.73. The standard InChI is InChI=1S/C26H25FN8O2/c1-37-21-9-8-18(27)11-20(21)26(36)30-12-16-4-6-17(7-5-16)23-22-24(29)31-15-32-25(22)35(33-23)19-3-2-10-34(13-19)14-28/h4-9,11,15,19H,2-3,10,12-13H2,1H3,(H,30,36)(H2,29,31,32). The van der Waals surface area contributed by atoms with Gasteiger partial charge in [0.05, 0.1) is 30.6 Å². The average Bonchev–Trinajstić information content (AvgIpc) is 3.33. The number of likely N-dealkylation sites (tertiary alicyclic amines) is 1. The number of carbonyl (C=O) groups excluding carboxylic acids is 1. The van der Waals surface area contributed by atoms with Crippen molar-refractivity contribution >= 4 is 22.8 Å². The van der Waals surface area contributed by atoms with E-state index in [9.17, 15) is 14.4 Å². The molecule has 1 saturated heterocycles. The Hall–Kier alpha value is -4.72. The molecule has 1 amide bonds. The fourth-order valence-electron chi connectivity index (χ4n) is 4.61. The number of amides is 1. The largest absolute Gasteiger partial charge is 0.496 e. The van der Waals surface area contributed by atoms with Gasteiger partial charge >= 0.3 is 0 Å². The maximum absolute atomic E-state index is 13.6. The summed E-state index contributed by atoms with van der Waals surface area (Å²) in [5, 5.41) is 17.7. The van der Waals surface area contributed by atoms with Crippen molar-refractivity contribution in [1.29, 1.82) is 5.26 Å². The number of rotatable bonds is 6. The van der Waals surface area contributed by atoms with Crippen LogP contribution >= 0.6 is 0 Å². The van der Waals surface area contributed by atoms with Gasteiger partial charge in [-0.15, -0.1) is 0 Å². The second-order valence-electron chi connectivity index (χ2n) is 8.82. The van der Waals surface area contributed by atoms with Gasteiger partial charge in [-0.25, -0.2) is 19.0 Å². The zero-order valence-electron chi connectivity index (χ0n) is 20.2. The van der Waals surface area contributed by atoms with Crippen LogP contribution in [0.4, 0.5) is 10.2 Å². The van der Waals surface area contributed by atoms with E-state index >= 15 is 0 Å². The summed E-state index contributed by atoms with van der Waals surface area (Å²) in [5.41, 5.74) is 9.32. The first-order valence-corrected chi connectivity index (χ1v) is 11.8. The van der Waals surface area contributed by atoms with E-state index in [0.717, 1.165) is 36.6 Å². The number of piperidine rings is 1. The number of hydrogen-bond acceptors (Lipinski definition) is 8. The quantitative estimate of drug-likeness (QED) is 0.385. The molecule has 1 fully saturated rings. The van der Waals surface area contributed by atoms with Crippen LogP contribution < -0.4 is 15.8 Å². The highest BCUT2D eigenvalue weighted by molar-refractivity contribution is 5.98. The van der Waals surface area contributed by atoms with Crippen LogP contribution in [-0.2, 0) is 6.54 Å². The molecule has 0 saturated carbocycles. The first kappa shape index (κ1) is 24.0. The summed E-state index contributed by atoms with van der Waals surface area (Å²) in [6.45, 7) is 1.54. The number of nitriles is 1. The first-order chi connectivity index (χ1) is 18.0. The third-order valence-electron chi connectivity index (χ3n) is 6.49. The third-order valence-corrected chi connectivity index (χ3v) is 6.49. The van der Waals surface area contributed by atoms with Gasteiger partial charge in [0.25, 0.3) is 5.91 Å². The molecule has 3 heterocycles. The number of nitrogen functional groups attached to an aromatic ring is 1. The smallest absolute Gasteiger partial charge is 0.255 e. The fraction of sp³-hybridized carbons (Fsp3) is 0.269. The Morgan fingerprint density at radius 2 is 2.08 bits per heavy atom. The van der Waals surface area contributed by atoms with Crippen LogP contribution in [0.5, 0.6) is 5.75 Å². The monoisotopic (exact) mass is 500 g/mol. The lowest BCUT2D eigenvalue weighted by Crippen LogP contribution is -2.33. The molecule has 5 rings (SSSR count). The number of aromatic nitrogens is 4. The van der Waals surface area contributed by atoms with Crippen molar-refractivity contribution < 1.29 is 13.9 Å². The summed E-state index contributed by atoms with van der Waals surface area (Å²) < 4.78 is 20.7. The van der Waals surface area contributed by atoms with Crippen molar-refractivity contribution in [2.45, 2.75) is 25.4 Å². The van der Waals surface area contributed by atoms with Crippen molar-refractivity contribution in [3.63, 3.8) is 0 Å². The van der Waals surface area contributed by atoms with Gasteiger partial charge in [-0.05, 0) is 36.6 Å². The maximum Gasteiger partial charge on any atom is 0.255 e. The Balaban J connectivity index is 1.39. The number of ether oxygens (including phenoxy) is 1. The topological polar surface area (TPSA) is 135 Å². The van der Waals surface area contributed by atoms with Crippen LogP contribution in [-0.4, -0.2) is 50.8 Å². The van der Waals surface area contributed by atoms with Gasteiger partial charge in [-0.3, -0.25) is 4.79 Å². The van der Waals surface area contributed by atoms with Gasteiger partial charge in [-0.2, -0.15) is 10.4 Å². The minimum atomic E-state index is -0.515. The van der Waals surface area contributed by atoms with Gasteiger partial charge in [0.1, 0.15) is 29.4 Å². The van der Waals surface area contributed by atoms with E-state index in [0.29, 0.717) is 34.8 Å². The number of hydrogen-bond donors (Lipinski definition) is 2. The molecule has 1 aliphatic rings.